The normalized spacial score (nSPS) is 14.3. The van der Waals surface area contributed by atoms with Crippen LogP contribution in [0.4, 0.5) is 27.3 Å². The number of rotatable bonds is 27. The highest BCUT2D eigenvalue weighted by Gasteiger charge is 2.28. The van der Waals surface area contributed by atoms with Gasteiger partial charge in [-0.1, -0.05) is 30.3 Å². The molecule has 1 saturated heterocycles. The van der Waals surface area contributed by atoms with Gasteiger partial charge in [-0.3, -0.25) is 29.3 Å². The predicted octanol–water partition coefficient (Wildman–Crippen LogP) is 5.60. The summed E-state index contributed by atoms with van der Waals surface area (Å²) in [6.45, 7) is 4.69. The Balaban J connectivity index is 0.676. The van der Waals surface area contributed by atoms with Gasteiger partial charge in [0.1, 0.15) is 17.7 Å². The van der Waals surface area contributed by atoms with Crippen LogP contribution in [0.3, 0.4) is 0 Å². The van der Waals surface area contributed by atoms with E-state index in [1.807, 2.05) is 36.4 Å². The summed E-state index contributed by atoms with van der Waals surface area (Å²) in [6, 6.07) is 25.7. The molecule has 1 aromatic heterocycles. The third-order valence-electron chi connectivity index (χ3n) is 11.2. The fourth-order valence-electron chi connectivity index (χ4n) is 7.51. The first-order valence-electron chi connectivity index (χ1n) is 23.3. The van der Waals surface area contributed by atoms with E-state index in [1.54, 1.807) is 54.7 Å². The Morgan fingerprint density at radius 1 is 0.732 bits per heavy atom. The highest BCUT2D eigenvalue weighted by Crippen LogP contribution is 2.34. The smallest absolute Gasteiger partial charge is 0.254 e. The summed E-state index contributed by atoms with van der Waals surface area (Å²) >= 11 is 1.25. The van der Waals surface area contributed by atoms with Crippen molar-refractivity contribution in [1.29, 1.82) is 0 Å². The Kier molecular flexibility index (Phi) is 19.6. The van der Waals surface area contributed by atoms with E-state index in [0.29, 0.717) is 129 Å². The van der Waals surface area contributed by atoms with Crippen molar-refractivity contribution in [1.82, 2.24) is 20.9 Å². The summed E-state index contributed by atoms with van der Waals surface area (Å²) in [4.78, 5) is 65.9. The number of nitrogens with two attached hydrogens (primary N) is 1. The number of nitrogen functional groups attached to an aromatic ring is 1. The Morgan fingerprint density at radius 2 is 1.41 bits per heavy atom. The molecule has 4 aromatic carbocycles. The quantitative estimate of drug-likeness (QED) is 0.0192. The maximum Gasteiger partial charge on any atom is 0.254 e. The van der Waals surface area contributed by atoms with Crippen LogP contribution in [0.2, 0.25) is 0 Å². The average molecular weight is 993 g/mol. The van der Waals surface area contributed by atoms with Gasteiger partial charge in [-0.2, -0.15) is 0 Å². The second-order valence-corrected chi connectivity index (χ2v) is 17.1. The molecule has 2 aliphatic rings. The lowest BCUT2D eigenvalue weighted by Gasteiger charge is -2.22. The van der Waals surface area contributed by atoms with E-state index in [-0.39, 0.29) is 43.6 Å². The van der Waals surface area contributed by atoms with E-state index < -0.39 is 23.7 Å². The molecular formula is C51H57FN8O10S. The van der Waals surface area contributed by atoms with Gasteiger partial charge in [-0.25, -0.2) is 9.37 Å². The van der Waals surface area contributed by atoms with E-state index >= 15 is 4.39 Å². The largest absolute Gasteiger partial charge is 0.383 e. The lowest BCUT2D eigenvalue weighted by atomic mass is 9.94. The number of pyridine rings is 1. The van der Waals surface area contributed by atoms with Crippen molar-refractivity contribution in [3.8, 4) is 22.3 Å². The Bertz CT molecular complexity index is 2640. The van der Waals surface area contributed by atoms with Gasteiger partial charge in [0.05, 0.1) is 78.1 Å². The van der Waals surface area contributed by atoms with Crippen LogP contribution in [0.25, 0.3) is 22.3 Å². The summed E-state index contributed by atoms with van der Waals surface area (Å²) in [6.07, 6.45) is 2.88. The molecule has 20 heteroatoms. The highest BCUT2D eigenvalue weighted by molar-refractivity contribution is 8.00. The number of ether oxygens (including phenoxy) is 5. The van der Waals surface area contributed by atoms with Gasteiger partial charge in [-0.15, -0.1) is 0 Å². The number of carbonyl (C=O) groups is 5. The van der Waals surface area contributed by atoms with Gasteiger partial charge >= 0.3 is 0 Å². The fourth-order valence-corrected chi connectivity index (χ4v) is 8.18. The number of halogens is 1. The molecule has 8 N–H and O–H groups in total. The van der Waals surface area contributed by atoms with Crippen LogP contribution >= 0.6 is 11.9 Å². The van der Waals surface area contributed by atoms with Crippen LogP contribution < -0.4 is 37.0 Å². The first kappa shape index (κ1) is 51.9. The molecule has 3 heterocycles. The van der Waals surface area contributed by atoms with Crippen molar-refractivity contribution in [2.24, 2.45) is 0 Å². The van der Waals surface area contributed by atoms with E-state index in [2.05, 4.69) is 36.3 Å². The molecular weight excluding hydrogens is 936 g/mol. The van der Waals surface area contributed by atoms with E-state index in [4.69, 9.17) is 29.4 Å². The molecule has 0 aliphatic carbocycles. The Hall–Kier alpha value is -6.94. The molecule has 0 saturated carbocycles. The molecule has 1 unspecified atom stereocenters. The number of carbonyl (C=O) groups excluding carboxylic acids is 5. The molecule has 374 valence electrons. The number of fused-ring (bicyclic) bond motifs is 1. The zero-order valence-electron chi connectivity index (χ0n) is 39.0. The highest BCUT2D eigenvalue weighted by atomic mass is 32.2. The van der Waals surface area contributed by atoms with Gasteiger partial charge in [0, 0.05) is 69.9 Å². The van der Waals surface area contributed by atoms with Crippen LogP contribution in [-0.4, -0.2) is 120 Å². The first-order chi connectivity index (χ1) is 34.6. The zero-order chi connectivity index (χ0) is 49.8. The van der Waals surface area contributed by atoms with Crippen molar-refractivity contribution in [3.63, 3.8) is 0 Å². The number of benzene rings is 4. The van der Waals surface area contributed by atoms with Gasteiger partial charge in [0.25, 0.3) is 11.8 Å². The summed E-state index contributed by atoms with van der Waals surface area (Å²) in [5.41, 5.74) is 12.6. The number of hydrogen-bond acceptors (Lipinski definition) is 15. The van der Waals surface area contributed by atoms with Crippen LogP contribution in [0.5, 0.6) is 0 Å². The van der Waals surface area contributed by atoms with E-state index in [0.717, 1.165) is 16.8 Å². The van der Waals surface area contributed by atoms with Crippen LogP contribution in [0.15, 0.2) is 102 Å². The fraction of sp³-hybridized carbons (Fsp3) is 0.333. The molecule has 0 bridgehead atoms. The number of nitrogens with one attached hydrogen (secondary N) is 6. The maximum absolute atomic E-state index is 15.5. The van der Waals surface area contributed by atoms with Crippen LogP contribution in [-0.2, 0) is 44.5 Å². The number of aromatic nitrogens is 1. The summed E-state index contributed by atoms with van der Waals surface area (Å²) in [7, 11) is 0. The van der Waals surface area contributed by atoms with Crippen molar-refractivity contribution >= 4 is 64.4 Å². The lowest BCUT2D eigenvalue weighted by Crippen LogP contribution is -2.52. The third kappa shape index (κ3) is 15.8. The number of piperidine rings is 1. The number of hydrogen-bond donors (Lipinski definition) is 7. The molecule has 18 nitrogen and oxygen atoms in total. The molecule has 1 fully saturated rings. The molecule has 5 amide bonds. The van der Waals surface area contributed by atoms with Crippen molar-refractivity contribution < 1.29 is 52.0 Å². The van der Waals surface area contributed by atoms with Crippen molar-refractivity contribution in [2.75, 3.05) is 100 Å². The Labute approximate surface area is 414 Å². The van der Waals surface area contributed by atoms with Crippen molar-refractivity contribution in [2.45, 2.75) is 36.6 Å². The molecule has 7 rings (SSSR count). The number of imide groups is 1. The standard InChI is InChI=1S/C51H57FN8O10S/c52-43-31-38(10-12-39(43)35-30-42(48(53)56-32-35)33-5-11-40-34(29-33)15-17-55-49(40)63)71-60-37-8-6-36(7-9-37)57-47(62)16-19-66-21-23-68-25-27-70-28-26-69-24-22-67-20-18-54-44-4-2-1-3-41(44)50(64)58-45-13-14-46(61)59-51(45)65/h1-12,29-32,45,54,60H,13-28H2,(H2,53,56)(H,55,63)(H,57,62)(H,58,64)(H,59,61,65). The minimum atomic E-state index is -0.756. The topological polar surface area (TPSA) is 243 Å². The zero-order valence-corrected chi connectivity index (χ0v) is 39.8. The lowest BCUT2D eigenvalue weighted by molar-refractivity contribution is -0.134. The predicted molar refractivity (Wildman–Crippen MR) is 267 cm³/mol. The number of para-hydroxylation sites is 1. The summed E-state index contributed by atoms with van der Waals surface area (Å²) in [5.74, 6) is -1.64. The molecule has 5 aromatic rings. The minimum Gasteiger partial charge on any atom is -0.383 e. The van der Waals surface area contributed by atoms with E-state index in [1.165, 1.54) is 18.0 Å². The monoisotopic (exact) mass is 992 g/mol. The van der Waals surface area contributed by atoms with Gasteiger partial charge in [0.15, 0.2) is 0 Å². The number of nitrogens with zero attached hydrogens (tertiary/aromatic N) is 1. The third-order valence-corrected chi connectivity index (χ3v) is 12.0. The maximum atomic E-state index is 15.5. The second-order valence-electron chi connectivity index (χ2n) is 16.3. The summed E-state index contributed by atoms with van der Waals surface area (Å²) in [5, 5.41) is 13.8. The van der Waals surface area contributed by atoms with Gasteiger partial charge in [-0.05, 0) is 96.6 Å². The van der Waals surface area contributed by atoms with Gasteiger partial charge < -0.3 is 55.4 Å². The molecule has 0 spiro atoms. The van der Waals surface area contributed by atoms with Gasteiger partial charge in [0.2, 0.25) is 17.7 Å². The molecule has 71 heavy (non-hydrogen) atoms. The SMILES string of the molecule is Nc1ncc(-c2ccc(SNc3ccc(NC(=O)CCOCCOCCOCCOCCOCCNc4ccccc4C(=O)NC4CCC(=O)NC4=O)cc3)cc2F)cc1-c1ccc2c(c1)CCNC2=O. The molecule has 0 radical (unpaired) electrons. The molecule has 1 atom stereocenters. The molecule has 2 aliphatic heterocycles. The summed E-state index contributed by atoms with van der Waals surface area (Å²) < 4.78 is 46.4. The van der Waals surface area contributed by atoms with E-state index in [9.17, 15) is 24.0 Å². The van der Waals surface area contributed by atoms with Crippen LogP contribution in [0, 0.1) is 5.82 Å². The second kappa shape index (κ2) is 26.9. The first-order valence-corrected chi connectivity index (χ1v) is 24.1. The average Bonchev–Trinajstić information content (AvgIpc) is 3.37. The number of anilines is 4. The Morgan fingerprint density at radius 3 is 2.13 bits per heavy atom. The number of amides is 5. The van der Waals surface area contributed by atoms with Crippen molar-refractivity contribution in [3.05, 3.63) is 120 Å². The van der Waals surface area contributed by atoms with Crippen LogP contribution in [0.1, 0.15) is 45.5 Å². The minimum absolute atomic E-state index is 0.0977.